The minimum atomic E-state index is 0.541. The standard InChI is InChI=1S/C9H11NO2/c1-2-11-7-4-3-5-8-9(7)10-6-12-8/h3-5,10H,2,6H2,1H3. The number of ether oxygens (including phenoxy) is 2. The van der Waals surface area contributed by atoms with Crippen molar-refractivity contribution in [2.45, 2.75) is 6.92 Å². The molecule has 1 aliphatic heterocycles. The second kappa shape index (κ2) is 2.93. The van der Waals surface area contributed by atoms with Gasteiger partial charge in [0.2, 0.25) is 0 Å². The van der Waals surface area contributed by atoms with E-state index in [2.05, 4.69) is 5.32 Å². The quantitative estimate of drug-likeness (QED) is 0.725. The highest BCUT2D eigenvalue weighted by Gasteiger charge is 2.14. The molecule has 3 heteroatoms. The van der Waals surface area contributed by atoms with Crippen LogP contribution in [0.3, 0.4) is 0 Å². The van der Waals surface area contributed by atoms with Crippen LogP contribution in [-0.2, 0) is 0 Å². The van der Waals surface area contributed by atoms with Crippen LogP contribution < -0.4 is 14.8 Å². The van der Waals surface area contributed by atoms with Gasteiger partial charge >= 0.3 is 0 Å². The van der Waals surface area contributed by atoms with Gasteiger partial charge in [-0.1, -0.05) is 6.07 Å². The third-order valence-electron chi connectivity index (χ3n) is 1.76. The lowest BCUT2D eigenvalue weighted by molar-refractivity contribution is 0.341. The van der Waals surface area contributed by atoms with Crippen molar-refractivity contribution >= 4 is 5.69 Å². The highest BCUT2D eigenvalue weighted by atomic mass is 16.5. The van der Waals surface area contributed by atoms with Crippen LogP contribution in [0.4, 0.5) is 5.69 Å². The molecule has 0 fully saturated rings. The van der Waals surface area contributed by atoms with Gasteiger partial charge in [-0.05, 0) is 19.1 Å². The van der Waals surface area contributed by atoms with Gasteiger partial charge in [-0.3, -0.25) is 0 Å². The first-order valence-electron chi connectivity index (χ1n) is 4.04. The van der Waals surface area contributed by atoms with E-state index in [-0.39, 0.29) is 0 Å². The molecule has 0 unspecified atom stereocenters. The summed E-state index contributed by atoms with van der Waals surface area (Å²) in [5.41, 5.74) is 0.972. The fraction of sp³-hybridized carbons (Fsp3) is 0.333. The Morgan fingerprint density at radius 3 is 3.33 bits per heavy atom. The van der Waals surface area contributed by atoms with E-state index in [9.17, 15) is 0 Å². The van der Waals surface area contributed by atoms with Crippen molar-refractivity contribution < 1.29 is 9.47 Å². The molecule has 64 valence electrons. The maximum absolute atomic E-state index is 5.41. The largest absolute Gasteiger partial charge is 0.492 e. The lowest BCUT2D eigenvalue weighted by atomic mass is 10.3. The molecule has 1 aliphatic rings. The van der Waals surface area contributed by atoms with E-state index in [1.165, 1.54) is 0 Å². The monoisotopic (exact) mass is 165 g/mol. The minimum absolute atomic E-state index is 0.541. The average Bonchev–Trinajstić information content (AvgIpc) is 2.53. The number of nitrogens with one attached hydrogen (secondary N) is 1. The van der Waals surface area contributed by atoms with Crippen LogP contribution in [0, 0.1) is 0 Å². The molecule has 0 aromatic heterocycles. The Balaban J connectivity index is 2.36. The molecule has 1 aromatic rings. The number of benzene rings is 1. The molecule has 0 atom stereocenters. The zero-order valence-electron chi connectivity index (χ0n) is 6.96. The number of fused-ring (bicyclic) bond motifs is 1. The fourth-order valence-corrected chi connectivity index (χ4v) is 1.27. The number of hydrogen-bond donors (Lipinski definition) is 1. The van der Waals surface area contributed by atoms with Crippen LogP contribution in [0.1, 0.15) is 6.92 Å². The zero-order chi connectivity index (χ0) is 8.39. The van der Waals surface area contributed by atoms with Crippen LogP contribution in [0.2, 0.25) is 0 Å². The molecule has 0 radical (unpaired) electrons. The lowest BCUT2D eigenvalue weighted by Gasteiger charge is -2.06. The van der Waals surface area contributed by atoms with Gasteiger partial charge in [-0.2, -0.15) is 0 Å². The molecule has 0 saturated carbocycles. The van der Waals surface area contributed by atoms with Gasteiger partial charge in [0.05, 0.1) is 6.61 Å². The molecule has 3 nitrogen and oxygen atoms in total. The lowest BCUT2D eigenvalue weighted by Crippen LogP contribution is -1.98. The first-order valence-corrected chi connectivity index (χ1v) is 4.04. The van der Waals surface area contributed by atoms with Crippen molar-refractivity contribution in [1.29, 1.82) is 0 Å². The van der Waals surface area contributed by atoms with Crippen molar-refractivity contribution in [2.24, 2.45) is 0 Å². The molecule has 1 heterocycles. The first-order chi connectivity index (χ1) is 5.92. The molecule has 0 amide bonds. The van der Waals surface area contributed by atoms with E-state index in [1.54, 1.807) is 0 Å². The maximum Gasteiger partial charge on any atom is 0.159 e. The molecule has 0 aliphatic carbocycles. The first kappa shape index (κ1) is 7.28. The van der Waals surface area contributed by atoms with E-state index >= 15 is 0 Å². The third kappa shape index (κ3) is 1.07. The summed E-state index contributed by atoms with van der Waals surface area (Å²) in [6.45, 7) is 3.19. The topological polar surface area (TPSA) is 30.5 Å². The Labute approximate surface area is 71.3 Å². The highest BCUT2D eigenvalue weighted by molar-refractivity contribution is 5.68. The molecule has 2 rings (SSSR count). The molecule has 0 saturated heterocycles. The van der Waals surface area contributed by atoms with Crippen molar-refractivity contribution in [3.05, 3.63) is 18.2 Å². The van der Waals surface area contributed by atoms with Gasteiger partial charge in [-0.25, -0.2) is 0 Å². The van der Waals surface area contributed by atoms with Crippen LogP contribution >= 0.6 is 0 Å². The summed E-state index contributed by atoms with van der Waals surface area (Å²) in [4.78, 5) is 0. The molecule has 1 N–H and O–H groups in total. The summed E-state index contributed by atoms with van der Waals surface area (Å²) < 4.78 is 10.7. The van der Waals surface area contributed by atoms with Crippen LogP contribution in [0.25, 0.3) is 0 Å². The van der Waals surface area contributed by atoms with E-state index in [0.29, 0.717) is 13.3 Å². The summed E-state index contributed by atoms with van der Waals surface area (Å²) in [5.74, 6) is 1.74. The summed E-state index contributed by atoms with van der Waals surface area (Å²) in [5, 5.41) is 3.11. The number of rotatable bonds is 2. The zero-order valence-corrected chi connectivity index (χ0v) is 6.96. The highest BCUT2D eigenvalue weighted by Crippen LogP contribution is 2.37. The normalized spacial score (nSPS) is 13.1. The van der Waals surface area contributed by atoms with Crippen molar-refractivity contribution in [3.63, 3.8) is 0 Å². The smallest absolute Gasteiger partial charge is 0.159 e. The Morgan fingerprint density at radius 2 is 2.50 bits per heavy atom. The molecule has 12 heavy (non-hydrogen) atoms. The second-order valence-electron chi connectivity index (χ2n) is 2.53. The fourth-order valence-electron chi connectivity index (χ4n) is 1.27. The Bertz CT molecular complexity index is 286. The molecular weight excluding hydrogens is 154 g/mol. The van der Waals surface area contributed by atoms with Crippen LogP contribution in [-0.4, -0.2) is 13.3 Å². The van der Waals surface area contributed by atoms with Gasteiger partial charge in [-0.15, -0.1) is 0 Å². The summed E-state index contributed by atoms with van der Waals surface area (Å²) in [7, 11) is 0. The van der Waals surface area contributed by atoms with Crippen LogP contribution in [0.15, 0.2) is 18.2 Å². The number of para-hydroxylation sites is 1. The van der Waals surface area contributed by atoms with Gasteiger partial charge in [0.1, 0.15) is 17.2 Å². The van der Waals surface area contributed by atoms with Crippen molar-refractivity contribution in [1.82, 2.24) is 0 Å². The summed E-state index contributed by atoms with van der Waals surface area (Å²) in [6, 6.07) is 5.79. The summed E-state index contributed by atoms with van der Waals surface area (Å²) >= 11 is 0. The van der Waals surface area contributed by atoms with Crippen molar-refractivity contribution in [3.8, 4) is 11.5 Å². The second-order valence-corrected chi connectivity index (χ2v) is 2.53. The van der Waals surface area contributed by atoms with Crippen LogP contribution in [0.5, 0.6) is 11.5 Å². The van der Waals surface area contributed by atoms with E-state index < -0.39 is 0 Å². The maximum atomic E-state index is 5.41. The van der Waals surface area contributed by atoms with Gasteiger partial charge in [0.15, 0.2) is 6.73 Å². The van der Waals surface area contributed by atoms with Gasteiger partial charge < -0.3 is 14.8 Å². The average molecular weight is 165 g/mol. The van der Waals surface area contributed by atoms with Crippen molar-refractivity contribution in [2.75, 3.05) is 18.7 Å². The van der Waals surface area contributed by atoms with E-state index in [4.69, 9.17) is 9.47 Å². The number of anilines is 1. The Morgan fingerprint density at radius 1 is 1.58 bits per heavy atom. The predicted molar refractivity (Wildman–Crippen MR) is 46.7 cm³/mol. The molecule has 0 bridgehead atoms. The number of hydrogen-bond acceptors (Lipinski definition) is 3. The minimum Gasteiger partial charge on any atom is -0.492 e. The van der Waals surface area contributed by atoms with E-state index in [0.717, 1.165) is 17.2 Å². The third-order valence-corrected chi connectivity index (χ3v) is 1.76. The van der Waals surface area contributed by atoms with E-state index in [1.807, 2.05) is 25.1 Å². The van der Waals surface area contributed by atoms with Gasteiger partial charge in [0, 0.05) is 0 Å². The molecule has 0 spiro atoms. The summed E-state index contributed by atoms with van der Waals surface area (Å²) in [6.07, 6.45) is 0. The van der Waals surface area contributed by atoms with Gasteiger partial charge in [0.25, 0.3) is 0 Å². The SMILES string of the molecule is CCOc1cccc2c1NCO2. The molecular formula is C9H11NO2. The molecule has 1 aromatic carbocycles. The predicted octanol–water partition coefficient (Wildman–Crippen LogP) is 1.85. The Hall–Kier alpha value is -1.38. The Kier molecular flexibility index (Phi) is 1.78.